The number of ether oxygens (including phenoxy) is 2. The number of carbonyl (C=O) groups is 1. The van der Waals surface area contributed by atoms with Crippen LogP contribution in [0, 0.1) is 0 Å². The smallest absolute Gasteiger partial charge is 0.221 e. The fourth-order valence-electron chi connectivity index (χ4n) is 1.10. The van der Waals surface area contributed by atoms with Crippen molar-refractivity contribution in [1.29, 1.82) is 0 Å². The van der Waals surface area contributed by atoms with Crippen molar-refractivity contribution in [2.45, 2.75) is 12.5 Å². The number of amides is 1. The van der Waals surface area contributed by atoms with Crippen LogP contribution in [0.25, 0.3) is 0 Å². The first-order valence-corrected chi connectivity index (χ1v) is 5.02. The molecule has 0 spiro atoms. The van der Waals surface area contributed by atoms with Crippen molar-refractivity contribution in [3.8, 4) is 0 Å². The lowest BCUT2D eigenvalue weighted by Gasteiger charge is -2.14. The third kappa shape index (κ3) is 4.50. The van der Waals surface area contributed by atoms with Crippen molar-refractivity contribution < 1.29 is 14.3 Å². The van der Waals surface area contributed by atoms with E-state index in [9.17, 15) is 4.79 Å². The lowest BCUT2D eigenvalue weighted by Crippen LogP contribution is -2.40. The van der Waals surface area contributed by atoms with E-state index in [0.29, 0.717) is 38.6 Å². The lowest BCUT2D eigenvalue weighted by molar-refractivity contribution is -0.122. The molecule has 0 aliphatic carbocycles. The van der Waals surface area contributed by atoms with Gasteiger partial charge in [-0.15, -0.1) is 0 Å². The van der Waals surface area contributed by atoms with Crippen LogP contribution in [-0.4, -0.2) is 44.1 Å². The summed E-state index contributed by atoms with van der Waals surface area (Å²) in [5.74, 6) is 0.578. The minimum Gasteiger partial charge on any atom is -0.377 e. The summed E-state index contributed by atoms with van der Waals surface area (Å²) in [7, 11) is 0. The Morgan fingerprint density at radius 3 is 2.54 bits per heavy atom. The molecule has 0 saturated carbocycles. The van der Waals surface area contributed by atoms with Gasteiger partial charge in [-0.1, -0.05) is 0 Å². The minimum absolute atomic E-state index is 0.00474. The summed E-state index contributed by atoms with van der Waals surface area (Å²) < 4.78 is 10.5. The van der Waals surface area contributed by atoms with E-state index in [4.69, 9.17) is 9.47 Å². The number of carbonyl (C=O) groups excluding carboxylic acids is 1. The molecule has 0 radical (unpaired) electrons. The Labute approximate surface area is 83.4 Å². The SMILES string of the molecule is O=C(CCS)NC1COCCOC1. The summed E-state index contributed by atoms with van der Waals surface area (Å²) in [4.78, 5) is 11.2. The van der Waals surface area contributed by atoms with Crippen molar-refractivity contribution in [3.63, 3.8) is 0 Å². The topological polar surface area (TPSA) is 47.6 Å². The largest absolute Gasteiger partial charge is 0.377 e. The molecule has 1 amide bonds. The molecule has 76 valence electrons. The minimum atomic E-state index is -0.00474. The molecule has 1 saturated heterocycles. The van der Waals surface area contributed by atoms with E-state index < -0.39 is 0 Å². The van der Waals surface area contributed by atoms with Gasteiger partial charge in [0.05, 0.1) is 32.5 Å². The second kappa shape index (κ2) is 6.23. The van der Waals surface area contributed by atoms with Gasteiger partial charge in [0, 0.05) is 6.42 Å². The molecular formula is C8H15NO3S. The summed E-state index contributed by atoms with van der Waals surface area (Å²) in [5, 5.41) is 2.82. The van der Waals surface area contributed by atoms with Crippen LogP contribution in [0.1, 0.15) is 6.42 Å². The molecule has 4 nitrogen and oxygen atoms in total. The maximum absolute atomic E-state index is 11.2. The van der Waals surface area contributed by atoms with Gasteiger partial charge in [0.25, 0.3) is 0 Å². The summed E-state index contributed by atoms with van der Waals surface area (Å²) in [6.45, 7) is 2.30. The molecule has 0 aromatic carbocycles. The Bertz CT molecular complexity index is 157. The third-order valence-corrected chi connectivity index (χ3v) is 1.94. The van der Waals surface area contributed by atoms with Gasteiger partial charge in [-0.05, 0) is 5.75 Å². The first kappa shape index (κ1) is 10.8. The Hall–Kier alpha value is -0.260. The highest BCUT2D eigenvalue weighted by atomic mass is 32.1. The molecule has 1 N–H and O–H groups in total. The van der Waals surface area contributed by atoms with Crippen LogP contribution in [-0.2, 0) is 14.3 Å². The van der Waals surface area contributed by atoms with Gasteiger partial charge in [-0.2, -0.15) is 12.6 Å². The summed E-state index contributed by atoms with van der Waals surface area (Å²) in [5.41, 5.74) is 0. The van der Waals surface area contributed by atoms with Gasteiger partial charge < -0.3 is 14.8 Å². The van der Waals surface area contributed by atoms with Gasteiger partial charge in [0.2, 0.25) is 5.91 Å². The second-order valence-electron chi connectivity index (χ2n) is 2.89. The van der Waals surface area contributed by atoms with E-state index >= 15 is 0 Å². The molecule has 1 aliphatic heterocycles. The average Bonchev–Trinajstić information content (AvgIpc) is 2.33. The zero-order valence-corrected chi connectivity index (χ0v) is 8.39. The number of thiol groups is 1. The fraction of sp³-hybridized carbons (Fsp3) is 0.875. The van der Waals surface area contributed by atoms with Crippen molar-refractivity contribution in [2.75, 3.05) is 32.2 Å². The molecule has 0 aromatic rings. The molecule has 0 atom stereocenters. The van der Waals surface area contributed by atoms with E-state index in [1.54, 1.807) is 0 Å². The van der Waals surface area contributed by atoms with Gasteiger partial charge in [-0.25, -0.2) is 0 Å². The highest BCUT2D eigenvalue weighted by molar-refractivity contribution is 7.80. The summed E-state index contributed by atoms with van der Waals surface area (Å²) in [6.07, 6.45) is 0.444. The summed E-state index contributed by atoms with van der Waals surface area (Å²) in [6, 6.07) is -0.00474. The number of rotatable bonds is 3. The molecular weight excluding hydrogens is 190 g/mol. The Balaban J connectivity index is 2.21. The van der Waals surface area contributed by atoms with Crippen LogP contribution in [0.3, 0.4) is 0 Å². The van der Waals surface area contributed by atoms with Crippen molar-refractivity contribution in [3.05, 3.63) is 0 Å². The van der Waals surface area contributed by atoms with Gasteiger partial charge in [-0.3, -0.25) is 4.79 Å². The van der Waals surface area contributed by atoms with Crippen molar-refractivity contribution >= 4 is 18.5 Å². The Kier molecular flexibility index (Phi) is 5.19. The second-order valence-corrected chi connectivity index (χ2v) is 3.34. The molecule has 1 fully saturated rings. The molecule has 0 aromatic heterocycles. The third-order valence-electron chi connectivity index (χ3n) is 1.71. The van der Waals surface area contributed by atoms with Crippen LogP contribution < -0.4 is 5.32 Å². The average molecular weight is 205 g/mol. The molecule has 1 aliphatic rings. The first-order valence-electron chi connectivity index (χ1n) is 4.38. The van der Waals surface area contributed by atoms with Gasteiger partial charge >= 0.3 is 0 Å². The molecule has 1 rings (SSSR count). The van der Waals surface area contributed by atoms with E-state index in [0.717, 1.165) is 0 Å². The van der Waals surface area contributed by atoms with Crippen LogP contribution in [0.15, 0.2) is 0 Å². The molecule has 5 heteroatoms. The number of hydrogen-bond acceptors (Lipinski definition) is 4. The predicted molar refractivity (Wildman–Crippen MR) is 52.0 cm³/mol. The van der Waals surface area contributed by atoms with E-state index in [1.165, 1.54) is 0 Å². The van der Waals surface area contributed by atoms with E-state index in [2.05, 4.69) is 17.9 Å². The fourth-order valence-corrected chi connectivity index (χ4v) is 1.30. The zero-order chi connectivity index (χ0) is 9.52. The monoisotopic (exact) mass is 205 g/mol. The maximum Gasteiger partial charge on any atom is 0.221 e. The molecule has 13 heavy (non-hydrogen) atoms. The van der Waals surface area contributed by atoms with Gasteiger partial charge in [0.1, 0.15) is 0 Å². The first-order chi connectivity index (χ1) is 6.33. The standard InChI is InChI=1S/C8H15NO3S/c10-8(1-4-13)9-7-5-11-2-3-12-6-7/h7,13H,1-6H2,(H,9,10). The predicted octanol–water partition coefficient (Wildman–Crippen LogP) is -0.162. The van der Waals surface area contributed by atoms with Crippen LogP contribution >= 0.6 is 12.6 Å². The Morgan fingerprint density at radius 2 is 2.00 bits per heavy atom. The molecule has 0 bridgehead atoms. The lowest BCUT2D eigenvalue weighted by atomic mass is 10.3. The van der Waals surface area contributed by atoms with E-state index in [-0.39, 0.29) is 11.9 Å². The molecule has 0 unspecified atom stereocenters. The number of hydrogen-bond donors (Lipinski definition) is 2. The van der Waals surface area contributed by atoms with Gasteiger partial charge in [0.15, 0.2) is 0 Å². The zero-order valence-electron chi connectivity index (χ0n) is 7.49. The van der Waals surface area contributed by atoms with E-state index in [1.807, 2.05) is 0 Å². The Morgan fingerprint density at radius 1 is 1.38 bits per heavy atom. The highest BCUT2D eigenvalue weighted by Gasteiger charge is 2.14. The quantitative estimate of drug-likeness (QED) is 0.629. The van der Waals surface area contributed by atoms with Crippen LogP contribution in [0.5, 0.6) is 0 Å². The van der Waals surface area contributed by atoms with Crippen molar-refractivity contribution in [1.82, 2.24) is 5.32 Å². The van der Waals surface area contributed by atoms with Crippen LogP contribution in [0.4, 0.5) is 0 Å². The van der Waals surface area contributed by atoms with Crippen LogP contribution in [0.2, 0.25) is 0 Å². The highest BCUT2D eigenvalue weighted by Crippen LogP contribution is 1.95. The summed E-state index contributed by atoms with van der Waals surface area (Å²) >= 11 is 3.98. The normalized spacial score (nSPS) is 19.5. The number of nitrogens with one attached hydrogen (secondary N) is 1. The maximum atomic E-state index is 11.2. The van der Waals surface area contributed by atoms with Crippen molar-refractivity contribution in [2.24, 2.45) is 0 Å². The molecule has 1 heterocycles.